The van der Waals surface area contributed by atoms with Gasteiger partial charge in [0.25, 0.3) is 0 Å². The van der Waals surface area contributed by atoms with E-state index in [1.165, 1.54) is 12.1 Å². The van der Waals surface area contributed by atoms with E-state index in [9.17, 15) is 14.0 Å². The van der Waals surface area contributed by atoms with Crippen molar-refractivity contribution in [3.05, 3.63) is 29.6 Å². The Labute approximate surface area is 97.8 Å². The van der Waals surface area contributed by atoms with Crippen molar-refractivity contribution in [1.29, 1.82) is 0 Å². The second-order valence-electron chi connectivity index (χ2n) is 3.75. The van der Waals surface area contributed by atoms with Crippen molar-refractivity contribution in [1.82, 2.24) is 4.90 Å². The molecule has 0 heterocycles. The van der Waals surface area contributed by atoms with E-state index in [1.807, 2.05) is 0 Å². The molecule has 1 aromatic rings. The average molecular weight is 240 g/mol. The zero-order valence-corrected chi connectivity index (χ0v) is 9.53. The van der Waals surface area contributed by atoms with Gasteiger partial charge in [-0.3, -0.25) is 4.79 Å². The SMILES string of the molecule is CN(C)CC(=O)Nc1c(F)cccc1C(=O)O. The van der Waals surface area contributed by atoms with E-state index >= 15 is 0 Å². The first kappa shape index (κ1) is 13.1. The van der Waals surface area contributed by atoms with Gasteiger partial charge >= 0.3 is 5.97 Å². The highest BCUT2D eigenvalue weighted by Crippen LogP contribution is 2.19. The number of carbonyl (C=O) groups excluding carboxylic acids is 1. The van der Waals surface area contributed by atoms with E-state index in [0.29, 0.717) is 0 Å². The Morgan fingerprint density at radius 2 is 2.06 bits per heavy atom. The highest BCUT2D eigenvalue weighted by molar-refractivity contribution is 6.01. The third-order valence-corrected chi connectivity index (χ3v) is 1.97. The first-order chi connectivity index (χ1) is 7.91. The van der Waals surface area contributed by atoms with Gasteiger partial charge in [-0.05, 0) is 26.2 Å². The van der Waals surface area contributed by atoms with Crippen LogP contribution in [0.15, 0.2) is 18.2 Å². The Hall–Kier alpha value is -1.95. The molecule has 92 valence electrons. The number of hydrogen-bond donors (Lipinski definition) is 2. The van der Waals surface area contributed by atoms with Crippen LogP contribution in [0.25, 0.3) is 0 Å². The minimum absolute atomic E-state index is 0.0490. The zero-order chi connectivity index (χ0) is 13.0. The van der Waals surface area contributed by atoms with Crippen molar-refractivity contribution >= 4 is 17.6 Å². The molecule has 6 heteroatoms. The number of carboxylic acid groups (broad SMARTS) is 1. The van der Waals surface area contributed by atoms with Gasteiger partial charge in [0.2, 0.25) is 5.91 Å². The molecule has 0 radical (unpaired) electrons. The molecule has 0 bridgehead atoms. The molecule has 0 fully saturated rings. The fourth-order valence-corrected chi connectivity index (χ4v) is 1.30. The van der Waals surface area contributed by atoms with E-state index in [2.05, 4.69) is 5.32 Å². The van der Waals surface area contributed by atoms with E-state index in [0.717, 1.165) is 6.07 Å². The van der Waals surface area contributed by atoms with E-state index < -0.39 is 17.7 Å². The molecule has 0 aliphatic carbocycles. The molecule has 2 N–H and O–H groups in total. The Bertz CT molecular complexity index is 446. The van der Waals surface area contributed by atoms with Gasteiger partial charge in [0.1, 0.15) is 5.82 Å². The quantitative estimate of drug-likeness (QED) is 0.824. The smallest absolute Gasteiger partial charge is 0.337 e. The van der Waals surface area contributed by atoms with Gasteiger partial charge in [-0.2, -0.15) is 0 Å². The van der Waals surface area contributed by atoms with E-state index in [-0.39, 0.29) is 17.8 Å². The molecule has 0 spiro atoms. The van der Waals surface area contributed by atoms with Crippen molar-refractivity contribution in [2.24, 2.45) is 0 Å². The number of rotatable bonds is 4. The average Bonchev–Trinajstić information content (AvgIpc) is 2.19. The van der Waals surface area contributed by atoms with Crippen LogP contribution < -0.4 is 5.32 Å². The highest BCUT2D eigenvalue weighted by atomic mass is 19.1. The zero-order valence-electron chi connectivity index (χ0n) is 9.53. The van der Waals surface area contributed by atoms with Crippen molar-refractivity contribution in [2.45, 2.75) is 0 Å². The predicted octanol–water partition coefficient (Wildman–Crippen LogP) is 1.02. The molecule has 1 amide bonds. The molecule has 5 nitrogen and oxygen atoms in total. The van der Waals surface area contributed by atoms with Crippen LogP contribution >= 0.6 is 0 Å². The molecule has 0 atom stereocenters. The van der Waals surface area contributed by atoms with Crippen LogP contribution in [0.1, 0.15) is 10.4 Å². The monoisotopic (exact) mass is 240 g/mol. The number of aromatic carboxylic acids is 1. The number of amides is 1. The summed E-state index contributed by atoms with van der Waals surface area (Å²) in [5, 5.41) is 11.1. The number of nitrogens with zero attached hydrogens (tertiary/aromatic N) is 1. The summed E-state index contributed by atoms with van der Waals surface area (Å²) in [5.41, 5.74) is -0.566. The summed E-state index contributed by atoms with van der Waals surface area (Å²) < 4.78 is 13.4. The van der Waals surface area contributed by atoms with Gasteiger partial charge in [0.05, 0.1) is 17.8 Å². The normalized spacial score (nSPS) is 10.4. The molecule has 0 saturated carbocycles. The molecular weight excluding hydrogens is 227 g/mol. The van der Waals surface area contributed by atoms with Crippen LogP contribution in [0, 0.1) is 5.82 Å². The van der Waals surface area contributed by atoms with Crippen molar-refractivity contribution < 1.29 is 19.1 Å². The third kappa shape index (κ3) is 3.53. The van der Waals surface area contributed by atoms with Crippen molar-refractivity contribution in [3.8, 4) is 0 Å². The van der Waals surface area contributed by atoms with E-state index in [4.69, 9.17) is 5.11 Å². The first-order valence-electron chi connectivity index (χ1n) is 4.88. The number of anilines is 1. The largest absolute Gasteiger partial charge is 0.478 e. The fourth-order valence-electron chi connectivity index (χ4n) is 1.30. The molecule has 17 heavy (non-hydrogen) atoms. The lowest BCUT2D eigenvalue weighted by Crippen LogP contribution is -2.28. The second kappa shape index (κ2) is 5.40. The topological polar surface area (TPSA) is 69.6 Å². The number of hydrogen-bond acceptors (Lipinski definition) is 3. The van der Waals surface area contributed by atoms with Crippen LogP contribution in [-0.2, 0) is 4.79 Å². The Morgan fingerprint density at radius 3 is 2.59 bits per heavy atom. The summed E-state index contributed by atoms with van der Waals surface area (Å²) in [6, 6.07) is 3.61. The molecule has 0 saturated heterocycles. The Kier molecular flexibility index (Phi) is 4.17. The number of benzene rings is 1. The maximum absolute atomic E-state index is 13.4. The molecular formula is C11H13FN2O3. The maximum Gasteiger partial charge on any atom is 0.337 e. The van der Waals surface area contributed by atoms with Crippen molar-refractivity contribution in [3.63, 3.8) is 0 Å². The van der Waals surface area contributed by atoms with Crippen LogP contribution in [0.2, 0.25) is 0 Å². The molecule has 0 aromatic heterocycles. The van der Waals surface area contributed by atoms with E-state index in [1.54, 1.807) is 19.0 Å². The summed E-state index contributed by atoms with van der Waals surface area (Å²) >= 11 is 0. The van der Waals surface area contributed by atoms with Crippen LogP contribution in [-0.4, -0.2) is 42.5 Å². The molecule has 1 rings (SSSR count). The highest BCUT2D eigenvalue weighted by Gasteiger charge is 2.16. The number of nitrogens with one attached hydrogen (secondary N) is 1. The molecule has 0 aliphatic heterocycles. The summed E-state index contributed by atoms with van der Waals surface area (Å²) in [6.45, 7) is 0.0490. The number of carbonyl (C=O) groups is 2. The van der Waals surface area contributed by atoms with Crippen LogP contribution in [0.3, 0.4) is 0 Å². The van der Waals surface area contributed by atoms with Gasteiger partial charge in [-0.1, -0.05) is 6.07 Å². The van der Waals surface area contributed by atoms with Gasteiger partial charge in [0.15, 0.2) is 0 Å². The summed E-state index contributed by atoms with van der Waals surface area (Å²) in [6.07, 6.45) is 0. The second-order valence-corrected chi connectivity index (χ2v) is 3.75. The number of halogens is 1. The lowest BCUT2D eigenvalue weighted by atomic mass is 10.1. The predicted molar refractivity (Wildman–Crippen MR) is 60.5 cm³/mol. The van der Waals surface area contributed by atoms with Gasteiger partial charge in [-0.15, -0.1) is 0 Å². The summed E-state index contributed by atoms with van der Waals surface area (Å²) in [4.78, 5) is 23.9. The third-order valence-electron chi connectivity index (χ3n) is 1.97. The lowest BCUT2D eigenvalue weighted by molar-refractivity contribution is -0.116. The van der Waals surface area contributed by atoms with Crippen LogP contribution in [0.4, 0.5) is 10.1 Å². The number of carboxylic acids is 1. The summed E-state index contributed by atoms with van der Waals surface area (Å²) in [5.74, 6) is -2.52. The van der Waals surface area contributed by atoms with Crippen LogP contribution in [0.5, 0.6) is 0 Å². The standard InChI is InChI=1S/C11H13FN2O3/c1-14(2)6-9(15)13-10-7(11(16)17)4-3-5-8(10)12/h3-5H,6H2,1-2H3,(H,13,15)(H,16,17). The first-order valence-corrected chi connectivity index (χ1v) is 4.88. The molecule has 1 aromatic carbocycles. The number of likely N-dealkylation sites (N-methyl/N-ethyl adjacent to an activating group) is 1. The van der Waals surface area contributed by atoms with Gasteiger partial charge in [0, 0.05) is 0 Å². The number of para-hydroxylation sites is 1. The summed E-state index contributed by atoms with van der Waals surface area (Å²) in [7, 11) is 3.36. The lowest BCUT2D eigenvalue weighted by Gasteiger charge is -2.12. The fraction of sp³-hybridized carbons (Fsp3) is 0.273. The molecule has 0 unspecified atom stereocenters. The molecule has 0 aliphatic rings. The maximum atomic E-state index is 13.4. The minimum atomic E-state index is -1.29. The van der Waals surface area contributed by atoms with Gasteiger partial charge < -0.3 is 15.3 Å². The minimum Gasteiger partial charge on any atom is -0.478 e. The Balaban J connectivity index is 2.97. The Morgan fingerprint density at radius 1 is 1.41 bits per heavy atom. The van der Waals surface area contributed by atoms with Gasteiger partial charge in [-0.25, -0.2) is 9.18 Å². The van der Waals surface area contributed by atoms with Crippen molar-refractivity contribution in [2.75, 3.05) is 26.0 Å².